The van der Waals surface area contributed by atoms with Crippen molar-refractivity contribution in [1.82, 2.24) is 10.4 Å². The lowest BCUT2D eigenvalue weighted by Gasteiger charge is -2.07. The molecule has 0 atom stereocenters. The van der Waals surface area contributed by atoms with Crippen LogP contribution in [0.3, 0.4) is 0 Å². The van der Waals surface area contributed by atoms with Crippen molar-refractivity contribution in [1.29, 1.82) is 0 Å². The fourth-order valence-corrected chi connectivity index (χ4v) is 2.79. The monoisotopic (exact) mass is 364 g/mol. The van der Waals surface area contributed by atoms with E-state index in [0.29, 0.717) is 22.0 Å². The summed E-state index contributed by atoms with van der Waals surface area (Å²) in [5.74, 6) is -0.540. The third kappa shape index (κ3) is 4.40. The molecule has 3 rings (SSSR count). The molecule has 2 aromatic heterocycles. The molecule has 3 aromatic rings. The van der Waals surface area contributed by atoms with Crippen LogP contribution in [0, 0.1) is 0 Å². The number of carbonyl (C=O) groups excluding carboxylic acids is 2. The molecule has 0 fully saturated rings. The number of hydrogen-bond donors (Lipinski definition) is 2. The fourth-order valence-electron chi connectivity index (χ4n) is 2.18. The number of thiophene rings is 1. The number of amides is 2. The van der Waals surface area contributed by atoms with Crippen LogP contribution < -0.4 is 10.7 Å². The molecular formula is C19H16N4O2S. The van der Waals surface area contributed by atoms with Gasteiger partial charge in [-0.15, -0.1) is 11.3 Å². The van der Waals surface area contributed by atoms with Gasteiger partial charge in [0.25, 0.3) is 11.8 Å². The van der Waals surface area contributed by atoms with E-state index in [4.69, 9.17) is 0 Å². The van der Waals surface area contributed by atoms with Gasteiger partial charge in [0.2, 0.25) is 0 Å². The van der Waals surface area contributed by atoms with Gasteiger partial charge >= 0.3 is 0 Å². The zero-order valence-electron chi connectivity index (χ0n) is 14.0. The Morgan fingerprint density at radius 2 is 1.92 bits per heavy atom. The van der Waals surface area contributed by atoms with Gasteiger partial charge in [-0.1, -0.05) is 24.3 Å². The van der Waals surface area contributed by atoms with Crippen LogP contribution >= 0.6 is 11.3 Å². The number of rotatable bonds is 5. The van der Waals surface area contributed by atoms with Gasteiger partial charge in [-0.05, 0) is 48.2 Å². The molecule has 0 aliphatic carbocycles. The SMILES string of the molecule is C/C(=N/NC(=O)c1ccccn1)c1cccc(NC(=O)c2cccs2)c1. The first kappa shape index (κ1) is 17.5. The molecule has 1 aromatic carbocycles. The van der Waals surface area contributed by atoms with Gasteiger partial charge in [-0.2, -0.15) is 5.10 Å². The summed E-state index contributed by atoms with van der Waals surface area (Å²) in [5.41, 5.74) is 4.83. The average Bonchev–Trinajstić information content (AvgIpc) is 3.22. The Kier molecular flexibility index (Phi) is 5.50. The summed E-state index contributed by atoms with van der Waals surface area (Å²) in [6, 6.07) is 16.0. The molecular weight excluding hydrogens is 348 g/mol. The Bertz CT molecular complexity index is 937. The number of hydrogen-bond acceptors (Lipinski definition) is 5. The minimum absolute atomic E-state index is 0.157. The van der Waals surface area contributed by atoms with E-state index in [9.17, 15) is 9.59 Å². The zero-order chi connectivity index (χ0) is 18.4. The van der Waals surface area contributed by atoms with Crippen LogP contribution in [0.25, 0.3) is 0 Å². The van der Waals surface area contributed by atoms with Crippen molar-refractivity contribution in [2.45, 2.75) is 6.92 Å². The van der Waals surface area contributed by atoms with E-state index in [1.165, 1.54) is 11.3 Å². The molecule has 2 heterocycles. The summed E-state index contributed by atoms with van der Waals surface area (Å²) in [7, 11) is 0. The van der Waals surface area contributed by atoms with Crippen LogP contribution in [0.5, 0.6) is 0 Å². The molecule has 7 heteroatoms. The average molecular weight is 364 g/mol. The maximum absolute atomic E-state index is 12.1. The second-order valence-electron chi connectivity index (χ2n) is 5.37. The lowest BCUT2D eigenvalue weighted by Crippen LogP contribution is -2.20. The number of pyridine rings is 1. The van der Waals surface area contributed by atoms with Crippen LogP contribution in [0.2, 0.25) is 0 Å². The van der Waals surface area contributed by atoms with Gasteiger partial charge < -0.3 is 5.32 Å². The first-order valence-corrected chi connectivity index (χ1v) is 8.72. The zero-order valence-corrected chi connectivity index (χ0v) is 14.8. The number of hydrazone groups is 1. The van der Waals surface area contributed by atoms with Crippen molar-refractivity contribution in [3.05, 3.63) is 82.3 Å². The van der Waals surface area contributed by atoms with Gasteiger partial charge in [-0.3, -0.25) is 14.6 Å². The maximum atomic E-state index is 12.1. The summed E-state index contributed by atoms with van der Waals surface area (Å²) < 4.78 is 0. The first-order chi connectivity index (χ1) is 12.6. The molecule has 0 saturated carbocycles. The number of nitrogens with one attached hydrogen (secondary N) is 2. The second kappa shape index (κ2) is 8.17. The Balaban J connectivity index is 1.68. The summed E-state index contributed by atoms with van der Waals surface area (Å²) >= 11 is 1.38. The van der Waals surface area contributed by atoms with Crippen LogP contribution in [0.1, 0.15) is 32.6 Å². The number of aromatic nitrogens is 1. The highest BCUT2D eigenvalue weighted by atomic mass is 32.1. The number of nitrogens with zero attached hydrogens (tertiary/aromatic N) is 2. The highest BCUT2D eigenvalue weighted by Crippen LogP contribution is 2.15. The van der Waals surface area contributed by atoms with E-state index >= 15 is 0 Å². The van der Waals surface area contributed by atoms with Gasteiger partial charge in [0, 0.05) is 11.9 Å². The normalized spacial score (nSPS) is 11.0. The van der Waals surface area contributed by atoms with Crippen LogP contribution in [0.15, 0.2) is 71.3 Å². The van der Waals surface area contributed by atoms with Gasteiger partial charge in [-0.25, -0.2) is 5.43 Å². The minimum atomic E-state index is -0.382. The molecule has 6 nitrogen and oxygen atoms in total. The van der Waals surface area contributed by atoms with Crippen molar-refractivity contribution in [3.8, 4) is 0 Å². The smallest absolute Gasteiger partial charge is 0.289 e. The van der Waals surface area contributed by atoms with E-state index < -0.39 is 0 Å². The quantitative estimate of drug-likeness (QED) is 0.536. The summed E-state index contributed by atoms with van der Waals surface area (Å²) in [6.07, 6.45) is 1.55. The topological polar surface area (TPSA) is 83.4 Å². The predicted molar refractivity (Wildman–Crippen MR) is 103 cm³/mol. The van der Waals surface area contributed by atoms with Crippen molar-refractivity contribution in [2.75, 3.05) is 5.32 Å². The molecule has 0 aliphatic heterocycles. The Labute approximate surface area is 154 Å². The molecule has 2 amide bonds. The Hall–Kier alpha value is -3.32. The second-order valence-corrected chi connectivity index (χ2v) is 6.31. The van der Waals surface area contributed by atoms with E-state index in [1.807, 2.05) is 23.6 Å². The van der Waals surface area contributed by atoms with Crippen molar-refractivity contribution in [3.63, 3.8) is 0 Å². The molecule has 0 unspecified atom stereocenters. The largest absolute Gasteiger partial charge is 0.321 e. The van der Waals surface area contributed by atoms with Gasteiger partial charge in [0.1, 0.15) is 5.69 Å². The lowest BCUT2D eigenvalue weighted by atomic mass is 10.1. The summed E-state index contributed by atoms with van der Waals surface area (Å²) in [6.45, 7) is 1.78. The van der Waals surface area contributed by atoms with Gasteiger partial charge in [0.15, 0.2) is 0 Å². The Morgan fingerprint density at radius 3 is 2.65 bits per heavy atom. The molecule has 130 valence electrons. The van der Waals surface area contributed by atoms with Crippen LogP contribution in [-0.2, 0) is 0 Å². The number of anilines is 1. The first-order valence-electron chi connectivity index (χ1n) is 7.84. The maximum Gasteiger partial charge on any atom is 0.289 e. The molecule has 26 heavy (non-hydrogen) atoms. The summed E-state index contributed by atoms with van der Waals surface area (Å²) in [4.78, 5) is 28.7. The fraction of sp³-hybridized carbons (Fsp3) is 0.0526. The molecule has 0 radical (unpaired) electrons. The van der Waals surface area contributed by atoms with E-state index in [2.05, 4.69) is 20.8 Å². The molecule has 0 saturated heterocycles. The third-order valence-electron chi connectivity index (χ3n) is 3.51. The molecule has 0 spiro atoms. The Morgan fingerprint density at radius 1 is 1.04 bits per heavy atom. The van der Waals surface area contributed by atoms with Crippen LogP contribution in [-0.4, -0.2) is 22.5 Å². The van der Waals surface area contributed by atoms with E-state index in [-0.39, 0.29) is 11.8 Å². The number of carbonyl (C=O) groups is 2. The van der Waals surface area contributed by atoms with Crippen LogP contribution in [0.4, 0.5) is 5.69 Å². The van der Waals surface area contributed by atoms with Crippen molar-refractivity contribution in [2.24, 2.45) is 5.10 Å². The third-order valence-corrected chi connectivity index (χ3v) is 4.37. The molecule has 0 aliphatic rings. The summed E-state index contributed by atoms with van der Waals surface area (Å²) in [5, 5.41) is 8.81. The van der Waals surface area contributed by atoms with E-state index in [1.54, 1.807) is 49.5 Å². The van der Waals surface area contributed by atoms with Crippen molar-refractivity contribution >= 4 is 34.6 Å². The molecule has 2 N–H and O–H groups in total. The van der Waals surface area contributed by atoms with E-state index in [0.717, 1.165) is 5.56 Å². The number of benzene rings is 1. The predicted octanol–water partition coefficient (Wildman–Crippen LogP) is 3.55. The molecule has 0 bridgehead atoms. The highest BCUT2D eigenvalue weighted by molar-refractivity contribution is 7.12. The van der Waals surface area contributed by atoms with Crippen molar-refractivity contribution < 1.29 is 9.59 Å². The minimum Gasteiger partial charge on any atom is -0.321 e. The lowest BCUT2D eigenvalue weighted by molar-refractivity contribution is 0.0949. The van der Waals surface area contributed by atoms with Gasteiger partial charge in [0.05, 0.1) is 10.6 Å². The highest BCUT2D eigenvalue weighted by Gasteiger charge is 2.08. The standard InChI is InChI=1S/C19H16N4O2S/c1-13(22-23-18(24)16-8-2-3-10-20-16)14-6-4-7-15(12-14)21-19(25)17-9-5-11-26-17/h2-12H,1H3,(H,21,25)(H,23,24)/b22-13-.